The molecule has 0 aliphatic heterocycles. The third kappa shape index (κ3) is 5.25. The second kappa shape index (κ2) is 9.58. The summed E-state index contributed by atoms with van der Waals surface area (Å²) in [5.41, 5.74) is 11.8. The number of hydrogen-bond donors (Lipinski definition) is 0. The van der Waals surface area contributed by atoms with Crippen LogP contribution in [0.2, 0.25) is 0 Å². The SMILES string of the molecule is Cc1ccc(C=Cc2ccc(N(c3ccc(C(C)(C)C)cc3)c3ccc4c(c3)CCC4)cc2)cc1. The smallest absolute Gasteiger partial charge is 0.0464 e. The third-order valence-corrected chi connectivity index (χ3v) is 7.03. The molecule has 0 heterocycles. The highest BCUT2D eigenvalue weighted by atomic mass is 15.1. The van der Waals surface area contributed by atoms with Crippen molar-refractivity contribution in [1.82, 2.24) is 0 Å². The molecule has 0 radical (unpaired) electrons. The number of anilines is 3. The van der Waals surface area contributed by atoms with Gasteiger partial charge >= 0.3 is 0 Å². The standard InChI is InChI=1S/C34H35N/c1-25-8-10-26(11-9-25)12-13-27-14-19-31(20-15-27)35(32-22-17-30(18-23-32)34(2,3)4)33-21-16-28-6-5-7-29(28)24-33/h8-24H,5-7H2,1-4H3. The van der Waals surface area contributed by atoms with Crippen molar-refractivity contribution in [3.8, 4) is 0 Å². The van der Waals surface area contributed by atoms with Gasteiger partial charge < -0.3 is 4.90 Å². The lowest BCUT2D eigenvalue weighted by molar-refractivity contribution is 0.590. The summed E-state index contributed by atoms with van der Waals surface area (Å²) in [6, 6.07) is 33.6. The molecule has 0 aromatic heterocycles. The highest BCUT2D eigenvalue weighted by Crippen LogP contribution is 2.38. The largest absolute Gasteiger partial charge is 0.310 e. The van der Waals surface area contributed by atoms with Gasteiger partial charge in [0.25, 0.3) is 0 Å². The van der Waals surface area contributed by atoms with Gasteiger partial charge in [0.05, 0.1) is 0 Å². The Morgan fingerprint density at radius 2 is 1.11 bits per heavy atom. The van der Waals surface area contributed by atoms with Gasteiger partial charge in [0.1, 0.15) is 0 Å². The fraction of sp³-hybridized carbons (Fsp3) is 0.235. The molecule has 1 heteroatoms. The maximum atomic E-state index is 2.39. The maximum absolute atomic E-state index is 2.39. The number of fused-ring (bicyclic) bond motifs is 1. The van der Waals surface area contributed by atoms with E-state index < -0.39 is 0 Å². The quantitative estimate of drug-likeness (QED) is 0.270. The summed E-state index contributed by atoms with van der Waals surface area (Å²) in [5, 5.41) is 0. The van der Waals surface area contributed by atoms with Crippen LogP contribution in [0.15, 0.2) is 91.0 Å². The first-order valence-electron chi connectivity index (χ1n) is 12.7. The van der Waals surface area contributed by atoms with Crippen LogP contribution in [0.5, 0.6) is 0 Å². The monoisotopic (exact) mass is 457 g/mol. The van der Waals surface area contributed by atoms with E-state index in [4.69, 9.17) is 0 Å². The van der Waals surface area contributed by atoms with Crippen molar-refractivity contribution in [1.29, 1.82) is 0 Å². The van der Waals surface area contributed by atoms with Crippen LogP contribution in [0.3, 0.4) is 0 Å². The van der Waals surface area contributed by atoms with Crippen molar-refractivity contribution >= 4 is 29.2 Å². The Hall–Kier alpha value is -3.58. The van der Waals surface area contributed by atoms with E-state index in [1.165, 1.54) is 69.7 Å². The Morgan fingerprint density at radius 3 is 1.71 bits per heavy atom. The molecular weight excluding hydrogens is 422 g/mol. The molecule has 1 nitrogen and oxygen atoms in total. The summed E-state index contributed by atoms with van der Waals surface area (Å²) < 4.78 is 0. The minimum absolute atomic E-state index is 0.141. The third-order valence-electron chi connectivity index (χ3n) is 7.03. The van der Waals surface area contributed by atoms with Gasteiger partial charge in [-0.3, -0.25) is 0 Å². The molecule has 0 atom stereocenters. The number of benzene rings is 4. The first-order chi connectivity index (χ1) is 16.9. The minimum Gasteiger partial charge on any atom is -0.310 e. The van der Waals surface area contributed by atoms with Gasteiger partial charge in [0.2, 0.25) is 0 Å². The Labute approximate surface area is 210 Å². The van der Waals surface area contributed by atoms with E-state index in [0.29, 0.717) is 0 Å². The van der Waals surface area contributed by atoms with E-state index in [1.807, 2.05) is 0 Å². The summed E-state index contributed by atoms with van der Waals surface area (Å²) in [6.07, 6.45) is 8.02. The summed E-state index contributed by atoms with van der Waals surface area (Å²) >= 11 is 0. The summed E-state index contributed by atoms with van der Waals surface area (Å²) in [6.45, 7) is 8.92. The van der Waals surface area contributed by atoms with Crippen LogP contribution < -0.4 is 4.90 Å². The summed E-state index contributed by atoms with van der Waals surface area (Å²) in [4.78, 5) is 2.39. The molecule has 0 saturated heterocycles. The number of hydrogen-bond acceptors (Lipinski definition) is 1. The first kappa shape index (κ1) is 23.2. The molecule has 4 aromatic carbocycles. The number of nitrogens with zero attached hydrogens (tertiary/aromatic N) is 1. The number of aryl methyl sites for hydroxylation is 3. The first-order valence-corrected chi connectivity index (χ1v) is 12.7. The predicted molar refractivity (Wildman–Crippen MR) is 152 cm³/mol. The summed E-state index contributed by atoms with van der Waals surface area (Å²) in [7, 11) is 0. The van der Waals surface area contributed by atoms with Crippen molar-refractivity contribution < 1.29 is 0 Å². The highest BCUT2D eigenvalue weighted by molar-refractivity contribution is 5.79. The molecule has 0 bridgehead atoms. The maximum Gasteiger partial charge on any atom is 0.0464 e. The van der Waals surface area contributed by atoms with Gasteiger partial charge in [-0.05, 0) is 95.8 Å². The van der Waals surface area contributed by atoms with E-state index in [0.717, 1.165) is 0 Å². The van der Waals surface area contributed by atoms with Crippen LogP contribution in [-0.4, -0.2) is 0 Å². The van der Waals surface area contributed by atoms with Gasteiger partial charge in [-0.1, -0.05) is 93.1 Å². The van der Waals surface area contributed by atoms with Crippen molar-refractivity contribution in [3.05, 3.63) is 124 Å². The van der Waals surface area contributed by atoms with Gasteiger partial charge in [0.15, 0.2) is 0 Å². The Balaban J connectivity index is 1.48. The zero-order valence-corrected chi connectivity index (χ0v) is 21.4. The molecule has 1 aliphatic rings. The minimum atomic E-state index is 0.141. The van der Waals surface area contributed by atoms with Crippen LogP contribution in [0.25, 0.3) is 12.2 Å². The molecule has 0 N–H and O–H groups in total. The van der Waals surface area contributed by atoms with E-state index in [9.17, 15) is 0 Å². The molecule has 0 unspecified atom stereocenters. The molecule has 4 aromatic rings. The Morgan fingerprint density at radius 1 is 0.600 bits per heavy atom. The van der Waals surface area contributed by atoms with Gasteiger partial charge in [-0.15, -0.1) is 0 Å². The predicted octanol–water partition coefficient (Wildman–Crippen LogP) is 9.42. The van der Waals surface area contributed by atoms with Gasteiger partial charge in [-0.2, -0.15) is 0 Å². The van der Waals surface area contributed by atoms with Gasteiger partial charge in [0, 0.05) is 17.1 Å². The molecule has 176 valence electrons. The number of rotatable bonds is 5. The second-order valence-corrected chi connectivity index (χ2v) is 10.8. The van der Waals surface area contributed by atoms with Crippen molar-refractivity contribution in [3.63, 3.8) is 0 Å². The van der Waals surface area contributed by atoms with Crippen LogP contribution in [0.1, 0.15) is 60.6 Å². The van der Waals surface area contributed by atoms with Crippen molar-refractivity contribution in [2.75, 3.05) is 4.90 Å². The average Bonchev–Trinajstić information content (AvgIpc) is 3.33. The van der Waals surface area contributed by atoms with Crippen LogP contribution >= 0.6 is 0 Å². The fourth-order valence-corrected chi connectivity index (χ4v) is 4.86. The lowest BCUT2D eigenvalue weighted by atomic mass is 9.87. The Kier molecular flexibility index (Phi) is 6.34. The lowest BCUT2D eigenvalue weighted by Crippen LogP contribution is -2.13. The second-order valence-electron chi connectivity index (χ2n) is 10.8. The zero-order chi connectivity index (χ0) is 24.4. The zero-order valence-electron chi connectivity index (χ0n) is 21.4. The van der Waals surface area contributed by atoms with Crippen LogP contribution in [0, 0.1) is 6.92 Å². The molecule has 0 saturated carbocycles. The van der Waals surface area contributed by atoms with Crippen molar-refractivity contribution in [2.24, 2.45) is 0 Å². The van der Waals surface area contributed by atoms with E-state index >= 15 is 0 Å². The summed E-state index contributed by atoms with van der Waals surface area (Å²) in [5.74, 6) is 0. The topological polar surface area (TPSA) is 3.24 Å². The molecule has 0 amide bonds. The van der Waals surface area contributed by atoms with E-state index in [-0.39, 0.29) is 5.41 Å². The average molecular weight is 458 g/mol. The van der Waals surface area contributed by atoms with E-state index in [2.05, 4.69) is 136 Å². The van der Waals surface area contributed by atoms with Crippen LogP contribution in [-0.2, 0) is 18.3 Å². The molecule has 0 fully saturated rings. The molecule has 5 rings (SSSR count). The lowest BCUT2D eigenvalue weighted by Gasteiger charge is -2.27. The van der Waals surface area contributed by atoms with E-state index in [1.54, 1.807) is 0 Å². The normalized spacial score (nSPS) is 13.3. The Bertz CT molecular complexity index is 1320. The molecule has 35 heavy (non-hydrogen) atoms. The fourth-order valence-electron chi connectivity index (χ4n) is 4.86. The molecule has 1 aliphatic carbocycles. The molecule has 0 spiro atoms. The van der Waals surface area contributed by atoms with Gasteiger partial charge in [-0.25, -0.2) is 0 Å². The van der Waals surface area contributed by atoms with Crippen molar-refractivity contribution in [2.45, 2.75) is 52.4 Å². The highest BCUT2D eigenvalue weighted by Gasteiger charge is 2.18. The molecular formula is C34H35N. The van der Waals surface area contributed by atoms with Crippen LogP contribution in [0.4, 0.5) is 17.1 Å².